The molecule has 0 aromatic heterocycles. The van der Waals surface area contributed by atoms with Gasteiger partial charge in [0.05, 0.1) is 11.3 Å². The van der Waals surface area contributed by atoms with E-state index in [1.54, 1.807) is 24.3 Å². The van der Waals surface area contributed by atoms with E-state index in [2.05, 4.69) is 13.8 Å². The summed E-state index contributed by atoms with van der Waals surface area (Å²) in [4.78, 5) is 25.6. The number of aromatic carboxylic acids is 1. The average Bonchev–Trinajstić information content (AvgIpc) is 2.45. The Labute approximate surface area is 124 Å². The molecule has 0 bridgehead atoms. The lowest BCUT2D eigenvalue weighted by molar-refractivity contribution is -0.128. The highest BCUT2D eigenvalue weighted by molar-refractivity contribution is 8.00. The second-order valence-electron chi connectivity index (χ2n) is 4.50. The summed E-state index contributed by atoms with van der Waals surface area (Å²) < 4.78 is 0. The van der Waals surface area contributed by atoms with Crippen LogP contribution in [0.4, 0.5) is 0 Å². The number of hydrogen-bond donors (Lipinski definition) is 1. The molecule has 0 spiro atoms. The zero-order chi connectivity index (χ0) is 15.0. The molecule has 1 aromatic rings. The van der Waals surface area contributed by atoms with Crippen molar-refractivity contribution >= 4 is 23.6 Å². The number of nitrogens with zero attached hydrogens (tertiary/aromatic N) is 1. The third-order valence-electron chi connectivity index (χ3n) is 2.80. The number of amides is 1. The van der Waals surface area contributed by atoms with E-state index in [-0.39, 0.29) is 11.5 Å². The highest BCUT2D eigenvalue weighted by Gasteiger charge is 2.12. The summed E-state index contributed by atoms with van der Waals surface area (Å²) >= 11 is 1.44. The number of benzene rings is 1. The minimum atomic E-state index is -0.935. The third kappa shape index (κ3) is 5.25. The summed E-state index contributed by atoms with van der Waals surface area (Å²) in [6.07, 6.45) is 1.92. The van der Waals surface area contributed by atoms with Crippen molar-refractivity contribution in [2.75, 3.05) is 18.8 Å². The summed E-state index contributed by atoms with van der Waals surface area (Å²) in [5.74, 6) is -0.400. The molecule has 0 heterocycles. The van der Waals surface area contributed by atoms with E-state index in [9.17, 15) is 9.59 Å². The minimum Gasteiger partial charge on any atom is -0.478 e. The Bertz CT molecular complexity index is 439. The van der Waals surface area contributed by atoms with E-state index < -0.39 is 5.97 Å². The Hall–Kier alpha value is -1.49. The van der Waals surface area contributed by atoms with Crippen molar-refractivity contribution in [2.45, 2.75) is 31.6 Å². The standard InChI is InChI=1S/C15H21NO3S/c1-3-9-16(10-4-2)14(17)11-20-13-7-5-12(6-8-13)15(18)19/h5-8H,3-4,9-11H2,1-2H3,(H,18,19). The van der Waals surface area contributed by atoms with Gasteiger partial charge in [0.15, 0.2) is 0 Å². The molecule has 0 saturated carbocycles. The smallest absolute Gasteiger partial charge is 0.335 e. The molecule has 0 aliphatic rings. The van der Waals surface area contributed by atoms with Crippen LogP contribution in [-0.4, -0.2) is 40.7 Å². The molecular weight excluding hydrogens is 274 g/mol. The summed E-state index contributed by atoms with van der Waals surface area (Å²) in [5, 5.41) is 8.82. The number of hydrogen-bond acceptors (Lipinski definition) is 3. The molecule has 0 fully saturated rings. The first kappa shape index (κ1) is 16.6. The maximum absolute atomic E-state index is 12.1. The molecule has 1 aromatic carbocycles. The van der Waals surface area contributed by atoms with Crippen LogP contribution in [0.25, 0.3) is 0 Å². The lowest BCUT2D eigenvalue weighted by atomic mass is 10.2. The van der Waals surface area contributed by atoms with Crippen LogP contribution < -0.4 is 0 Å². The predicted molar refractivity (Wildman–Crippen MR) is 81.3 cm³/mol. The highest BCUT2D eigenvalue weighted by atomic mass is 32.2. The first-order chi connectivity index (χ1) is 9.58. The fourth-order valence-electron chi connectivity index (χ4n) is 1.83. The van der Waals surface area contributed by atoms with Crippen molar-refractivity contribution in [1.29, 1.82) is 0 Å². The van der Waals surface area contributed by atoms with Gasteiger partial charge >= 0.3 is 5.97 Å². The van der Waals surface area contributed by atoms with E-state index >= 15 is 0 Å². The van der Waals surface area contributed by atoms with Crippen LogP contribution in [0.1, 0.15) is 37.0 Å². The number of carboxylic acid groups (broad SMARTS) is 1. The number of rotatable bonds is 8. The Kier molecular flexibility index (Phi) is 7.15. The van der Waals surface area contributed by atoms with Gasteiger partial charge in [-0.2, -0.15) is 0 Å². The van der Waals surface area contributed by atoms with E-state index in [0.717, 1.165) is 30.8 Å². The van der Waals surface area contributed by atoms with E-state index in [4.69, 9.17) is 5.11 Å². The van der Waals surface area contributed by atoms with Crippen molar-refractivity contribution < 1.29 is 14.7 Å². The fourth-order valence-corrected chi connectivity index (χ4v) is 2.63. The van der Waals surface area contributed by atoms with Crippen LogP contribution in [0, 0.1) is 0 Å². The van der Waals surface area contributed by atoms with Crippen LogP contribution in [0.2, 0.25) is 0 Å². The number of thioether (sulfide) groups is 1. The quantitative estimate of drug-likeness (QED) is 0.749. The van der Waals surface area contributed by atoms with Crippen molar-refractivity contribution in [3.8, 4) is 0 Å². The lowest BCUT2D eigenvalue weighted by Crippen LogP contribution is -2.33. The molecule has 0 aliphatic heterocycles. The molecule has 110 valence electrons. The van der Waals surface area contributed by atoms with Gasteiger partial charge in [-0.15, -0.1) is 11.8 Å². The minimum absolute atomic E-state index is 0.140. The van der Waals surface area contributed by atoms with Crippen LogP contribution in [0.15, 0.2) is 29.2 Å². The molecule has 0 unspecified atom stereocenters. The van der Waals surface area contributed by atoms with Gasteiger partial charge in [-0.05, 0) is 37.1 Å². The average molecular weight is 295 g/mol. The van der Waals surface area contributed by atoms with E-state index in [1.165, 1.54) is 11.8 Å². The SMILES string of the molecule is CCCN(CCC)C(=O)CSc1ccc(C(=O)O)cc1. The highest BCUT2D eigenvalue weighted by Crippen LogP contribution is 2.19. The van der Waals surface area contributed by atoms with Gasteiger partial charge in [0.1, 0.15) is 0 Å². The topological polar surface area (TPSA) is 57.6 Å². The number of carbonyl (C=O) groups is 2. The first-order valence-corrected chi connectivity index (χ1v) is 7.81. The number of carbonyl (C=O) groups excluding carboxylic acids is 1. The van der Waals surface area contributed by atoms with Crippen LogP contribution in [0.5, 0.6) is 0 Å². The predicted octanol–water partition coefficient (Wildman–Crippen LogP) is 3.13. The Morgan fingerprint density at radius 1 is 1.10 bits per heavy atom. The maximum atomic E-state index is 12.1. The van der Waals surface area contributed by atoms with Gasteiger partial charge < -0.3 is 10.0 Å². The van der Waals surface area contributed by atoms with Gasteiger partial charge in [0.2, 0.25) is 5.91 Å². The van der Waals surface area contributed by atoms with Gasteiger partial charge in [-0.3, -0.25) is 4.79 Å². The Morgan fingerprint density at radius 2 is 1.65 bits per heavy atom. The molecule has 5 heteroatoms. The monoisotopic (exact) mass is 295 g/mol. The zero-order valence-corrected chi connectivity index (χ0v) is 12.8. The normalized spacial score (nSPS) is 10.3. The molecule has 0 saturated heterocycles. The Balaban J connectivity index is 2.52. The zero-order valence-electron chi connectivity index (χ0n) is 12.0. The van der Waals surface area contributed by atoms with Gasteiger partial charge in [0, 0.05) is 18.0 Å². The molecule has 0 radical (unpaired) electrons. The van der Waals surface area contributed by atoms with Gasteiger partial charge in [0.25, 0.3) is 0 Å². The van der Waals surface area contributed by atoms with Gasteiger partial charge in [-0.1, -0.05) is 13.8 Å². The van der Waals surface area contributed by atoms with Crippen molar-refractivity contribution in [3.63, 3.8) is 0 Å². The largest absolute Gasteiger partial charge is 0.478 e. The van der Waals surface area contributed by atoms with Crippen LogP contribution in [-0.2, 0) is 4.79 Å². The molecular formula is C15H21NO3S. The molecule has 1 amide bonds. The van der Waals surface area contributed by atoms with Crippen molar-refractivity contribution in [3.05, 3.63) is 29.8 Å². The van der Waals surface area contributed by atoms with Crippen molar-refractivity contribution in [1.82, 2.24) is 4.90 Å². The molecule has 1 N–H and O–H groups in total. The second-order valence-corrected chi connectivity index (χ2v) is 5.55. The third-order valence-corrected chi connectivity index (χ3v) is 3.80. The Morgan fingerprint density at radius 3 is 2.10 bits per heavy atom. The summed E-state index contributed by atoms with van der Waals surface area (Å²) in [7, 11) is 0. The lowest BCUT2D eigenvalue weighted by Gasteiger charge is -2.21. The second kappa shape index (κ2) is 8.64. The summed E-state index contributed by atoms with van der Waals surface area (Å²) in [6, 6.07) is 6.60. The fraction of sp³-hybridized carbons (Fsp3) is 0.467. The summed E-state index contributed by atoms with van der Waals surface area (Å²) in [6.45, 7) is 5.72. The van der Waals surface area contributed by atoms with Gasteiger partial charge in [-0.25, -0.2) is 4.79 Å². The molecule has 20 heavy (non-hydrogen) atoms. The molecule has 0 atom stereocenters. The number of carboxylic acids is 1. The molecule has 4 nitrogen and oxygen atoms in total. The van der Waals surface area contributed by atoms with Crippen LogP contribution >= 0.6 is 11.8 Å². The maximum Gasteiger partial charge on any atom is 0.335 e. The van der Waals surface area contributed by atoms with E-state index in [0.29, 0.717) is 5.75 Å². The first-order valence-electron chi connectivity index (χ1n) is 6.82. The molecule has 0 aliphatic carbocycles. The molecule has 1 rings (SSSR count). The van der Waals surface area contributed by atoms with Crippen molar-refractivity contribution in [2.24, 2.45) is 0 Å². The summed E-state index contributed by atoms with van der Waals surface area (Å²) in [5.41, 5.74) is 0.263. The van der Waals surface area contributed by atoms with Crippen LogP contribution in [0.3, 0.4) is 0 Å². The van der Waals surface area contributed by atoms with E-state index in [1.807, 2.05) is 4.90 Å².